The molecule has 0 spiro atoms. The van der Waals surface area contributed by atoms with Crippen molar-refractivity contribution >= 4 is 28.1 Å². The molecule has 0 amide bonds. The summed E-state index contributed by atoms with van der Waals surface area (Å²) in [5, 5.41) is 13.6. The first kappa shape index (κ1) is 12.0. The SMILES string of the molecule is CN(Cc1cn[nH]n1)c1ccc2cc(Cl)ccc2c1. The Bertz CT molecular complexity index is 694. The van der Waals surface area contributed by atoms with Gasteiger partial charge < -0.3 is 4.90 Å². The minimum atomic E-state index is 0.718. The van der Waals surface area contributed by atoms with E-state index >= 15 is 0 Å². The van der Waals surface area contributed by atoms with E-state index in [4.69, 9.17) is 11.6 Å². The quantitative estimate of drug-likeness (QED) is 0.796. The van der Waals surface area contributed by atoms with Gasteiger partial charge in [0, 0.05) is 17.8 Å². The number of benzene rings is 2. The Morgan fingerprint density at radius 3 is 2.74 bits per heavy atom. The molecule has 1 aromatic heterocycles. The van der Waals surface area contributed by atoms with Crippen LogP contribution in [0.1, 0.15) is 5.69 Å². The molecular weight excluding hydrogens is 260 g/mol. The molecule has 0 atom stereocenters. The number of anilines is 1. The number of hydrogen-bond donors (Lipinski definition) is 1. The molecule has 3 aromatic rings. The Morgan fingerprint density at radius 1 is 1.16 bits per heavy atom. The lowest BCUT2D eigenvalue weighted by Gasteiger charge is -2.18. The maximum atomic E-state index is 5.99. The first-order chi connectivity index (χ1) is 9.22. The predicted molar refractivity (Wildman–Crippen MR) is 77.4 cm³/mol. The second kappa shape index (κ2) is 4.90. The molecule has 5 heteroatoms. The fourth-order valence-electron chi connectivity index (χ4n) is 2.08. The summed E-state index contributed by atoms with van der Waals surface area (Å²) in [6, 6.07) is 12.2. The van der Waals surface area contributed by atoms with Crippen LogP contribution < -0.4 is 4.90 Å². The van der Waals surface area contributed by atoms with Gasteiger partial charge in [0.25, 0.3) is 0 Å². The zero-order valence-electron chi connectivity index (χ0n) is 10.5. The highest BCUT2D eigenvalue weighted by molar-refractivity contribution is 6.31. The van der Waals surface area contributed by atoms with Crippen LogP contribution in [0, 0.1) is 0 Å². The molecule has 0 bridgehead atoms. The lowest BCUT2D eigenvalue weighted by molar-refractivity contribution is 0.856. The maximum absolute atomic E-state index is 5.99. The third-order valence-corrected chi connectivity index (χ3v) is 3.33. The van der Waals surface area contributed by atoms with E-state index in [1.807, 2.05) is 25.2 Å². The van der Waals surface area contributed by atoms with E-state index in [0.29, 0.717) is 0 Å². The van der Waals surface area contributed by atoms with Gasteiger partial charge >= 0.3 is 0 Å². The van der Waals surface area contributed by atoms with E-state index < -0.39 is 0 Å². The lowest BCUT2D eigenvalue weighted by Crippen LogP contribution is -2.16. The van der Waals surface area contributed by atoms with E-state index in [0.717, 1.165) is 28.3 Å². The summed E-state index contributed by atoms with van der Waals surface area (Å²) >= 11 is 5.99. The summed E-state index contributed by atoms with van der Waals surface area (Å²) in [5.41, 5.74) is 2.05. The van der Waals surface area contributed by atoms with Crippen LogP contribution in [0.4, 0.5) is 5.69 Å². The standard InChI is InChI=1S/C14H13ClN4/c1-19(9-13-8-16-18-17-13)14-5-3-10-6-12(15)4-2-11(10)7-14/h2-8H,9H2,1H3,(H,16,17,18). The molecule has 0 saturated carbocycles. The largest absolute Gasteiger partial charge is 0.369 e. The molecular formula is C14H13ClN4. The molecule has 3 rings (SSSR count). The van der Waals surface area contributed by atoms with Gasteiger partial charge in [-0.25, -0.2) is 0 Å². The van der Waals surface area contributed by atoms with Gasteiger partial charge in [0.1, 0.15) is 5.69 Å². The molecule has 0 fully saturated rings. The minimum Gasteiger partial charge on any atom is -0.369 e. The topological polar surface area (TPSA) is 44.8 Å². The van der Waals surface area contributed by atoms with Gasteiger partial charge in [-0.2, -0.15) is 15.4 Å². The van der Waals surface area contributed by atoms with Gasteiger partial charge in [0.15, 0.2) is 0 Å². The molecule has 0 saturated heterocycles. The minimum absolute atomic E-state index is 0.718. The Morgan fingerprint density at radius 2 is 1.95 bits per heavy atom. The Balaban J connectivity index is 1.90. The van der Waals surface area contributed by atoms with Crippen molar-refractivity contribution < 1.29 is 0 Å². The fourth-order valence-corrected chi connectivity index (χ4v) is 2.26. The van der Waals surface area contributed by atoms with E-state index in [1.165, 1.54) is 5.39 Å². The lowest BCUT2D eigenvalue weighted by atomic mass is 10.1. The van der Waals surface area contributed by atoms with Crippen molar-refractivity contribution in [2.24, 2.45) is 0 Å². The maximum Gasteiger partial charge on any atom is 0.102 e. The van der Waals surface area contributed by atoms with Crippen LogP contribution in [0.15, 0.2) is 42.6 Å². The van der Waals surface area contributed by atoms with Crippen molar-refractivity contribution in [1.29, 1.82) is 0 Å². The Labute approximate surface area is 116 Å². The average Bonchev–Trinajstić information content (AvgIpc) is 2.91. The highest BCUT2D eigenvalue weighted by atomic mass is 35.5. The summed E-state index contributed by atoms with van der Waals surface area (Å²) < 4.78 is 0. The molecule has 1 heterocycles. The molecule has 19 heavy (non-hydrogen) atoms. The number of H-pyrrole nitrogens is 1. The summed E-state index contributed by atoms with van der Waals surface area (Å²) in [5.74, 6) is 0. The Kier molecular flexibility index (Phi) is 3.09. The van der Waals surface area contributed by atoms with Crippen LogP contribution in [-0.4, -0.2) is 22.5 Å². The molecule has 0 aliphatic carbocycles. The van der Waals surface area contributed by atoms with Gasteiger partial charge in [-0.05, 0) is 35.0 Å². The van der Waals surface area contributed by atoms with Crippen molar-refractivity contribution in [3.05, 3.63) is 53.3 Å². The Hall–Kier alpha value is -2.07. The van der Waals surface area contributed by atoms with Crippen LogP contribution in [0.5, 0.6) is 0 Å². The third kappa shape index (κ3) is 2.53. The van der Waals surface area contributed by atoms with Gasteiger partial charge in [-0.15, -0.1) is 0 Å². The number of aromatic nitrogens is 3. The highest BCUT2D eigenvalue weighted by Crippen LogP contribution is 2.24. The normalized spacial score (nSPS) is 10.8. The first-order valence-electron chi connectivity index (χ1n) is 5.97. The van der Waals surface area contributed by atoms with E-state index in [2.05, 4.69) is 38.5 Å². The first-order valence-corrected chi connectivity index (χ1v) is 6.35. The number of hydrogen-bond acceptors (Lipinski definition) is 3. The van der Waals surface area contributed by atoms with Crippen molar-refractivity contribution in [2.75, 3.05) is 11.9 Å². The summed E-state index contributed by atoms with van der Waals surface area (Å²) in [6.45, 7) is 0.718. The number of nitrogens with zero attached hydrogens (tertiary/aromatic N) is 3. The zero-order valence-corrected chi connectivity index (χ0v) is 11.2. The second-order valence-corrected chi connectivity index (χ2v) is 4.93. The molecule has 0 aliphatic rings. The molecule has 96 valence electrons. The van der Waals surface area contributed by atoms with Crippen LogP contribution in [-0.2, 0) is 6.54 Å². The van der Waals surface area contributed by atoms with E-state index in [9.17, 15) is 0 Å². The number of halogens is 1. The third-order valence-electron chi connectivity index (χ3n) is 3.09. The summed E-state index contributed by atoms with van der Waals surface area (Å²) in [4.78, 5) is 2.13. The number of nitrogens with one attached hydrogen (secondary N) is 1. The summed E-state index contributed by atoms with van der Waals surface area (Å²) in [6.07, 6.45) is 1.73. The highest BCUT2D eigenvalue weighted by Gasteiger charge is 2.05. The van der Waals surface area contributed by atoms with Crippen molar-refractivity contribution in [1.82, 2.24) is 15.4 Å². The van der Waals surface area contributed by atoms with E-state index in [1.54, 1.807) is 6.20 Å². The van der Waals surface area contributed by atoms with E-state index in [-0.39, 0.29) is 0 Å². The molecule has 4 nitrogen and oxygen atoms in total. The van der Waals surface area contributed by atoms with Gasteiger partial charge in [0.05, 0.1) is 12.7 Å². The van der Waals surface area contributed by atoms with Gasteiger partial charge in [-0.3, -0.25) is 0 Å². The van der Waals surface area contributed by atoms with Gasteiger partial charge in [-0.1, -0.05) is 23.7 Å². The van der Waals surface area contributed by atoms with Crippen LogP contribution in [0.3, 0.4) is 0 Å². The van der Waals surface area contributed by atoms with Gasteiger partial charge in [0.2, 0.25) is 0 Å². The molecule has 0 aliphatic heterocycles. The smallest absolute Gasteiger partial charge is 0.102 e. The number of fused-ring (bicyclic) bond motifs is 1. The summed E-state index contributed by atoms with van der Waals surface area (Å²) in [7, 11) is 2.03. The monoisotopic (exact) mass is 272 g/mol. The van der Waals surface area contributed by atoms with Crippen molar-refractivity contribution in [3.63, 3.8) is 0 Å². The second-order valence-electron chi connectivity index (χ2n) is 4.49. The average molecular weight is 273 g/mol. The zero-order chi connectivity index (χ0) is 13.2. The molecule has 0 unspecified atom stereocenters. The van der Waals surface area contributed by atoms with Crippen molar-refractivity contribution in [3.8, 4) is 0 Å². The predicted octanol–water partition coefficient (Wildman–Crippen LogP) is 3.25. The molecule has 0 radical (unpaired) electrons. The van der Waals surface area contributed by atoms with Crippen LogP contribution in [0.2, 0.25) is 5.02 Å². The molecule has 1 N–H and O–H groups in total. The van der Waals surface area contributed by atoms with Crippen LogP contribution in [0.25, 0.3) is 10.8 Å². The fraction of sp³-hybridized carbons (Fsp3) is 0.143. The number of aromatic amines is 1. The van der Waals surface area contributed by atoms with Crippen molar-refractivity contribution in [2.45, 2.75) is 6.54 Å². The number of rotatable bonds is 3. The van der Waals surface area contributed by atoms with Crippen LogP contribution >= 0.6 is 11.6 Å². The molecule has 2 aromatic carbocycles.